The van der Waals surface area contributed by atoms with Crippen LogP contribution in [0.2, 0.25) is 0 Å². The second-order valence-electron chi connectivity index (χ2n) is 5.89. The molecule has 0 radical (unpaired) electrons. The molecule has 1 aromatic heterocycles. The quantitative estimate of drug-likeness (QED) is 0.593. The Balaban J connectivity index is 1.69. The van der Waals surface area contributed by atoms with Crippen molar-refractivity contribution in [2.45, 2.75) is 10.5 Å². The van der Waals surface area contributed by atoms with E-state index < -0.39 is 39.1 Å². The highest BCUT2D eigenvalue weighted by Crippen LogP contribution is 2.30. The fraction of sp³-hybridized carbons (Fsp3) is 0.111. The van der Waals surface area contributed by atoms with Crippen LogP contribution in [-0.4, -0.2) is 25.1 Å². The Morgan fingerprint density at radius 1 is 1.03 bits per heavy atom. The van der Waals surface area contributed by atoms with Crippen LogP contribution in [0.4, 0.5) is 23.2 Å². The van der Waals surface area contributed by atoms with E-state index in [4.69, 9.17) is 0 Å². The van der Waals surface area contributed by atoms with E-state index in [9.17, 15) is 30.8 Å². The number of thiazole rings is 1. The summed E-state index contributed by atoms with van der Waals surface area (Å²) >= 11 is 0.811. The number of benzene rings is 2. The SMILES string of the molecule is O=C(CS(=O)(=O)c1nc(-c2ccc(F)cc2)cs1)Nc1ccc(C(F)(F)F)cc1. The molecule has 0 unspecified atom stereocenters. The third kappa shape index (κ3) is 5.18. The van der Waals surface area contributed by atoms with Crippen LogP contribution in [0, 0.1) is 5.82 Å². The lowest BCUT2D eigenvalue weighted by Crippen LogP contribution is -2.23. The number of carbonyl (C=O) groups excluding carboxylic acids is 1. The summed E-state index contributed by atoms with van der Waals surface area (Å²) in [5, 5.41) is 3.71. The van der Waals surface area contributed by atoms with Gasteiger partial charge in [0.1, 0.15) is 11.6 Å². The fourth-order valence-corrected chi connectivity index (χ4v) is 4.57. The molecule has 11 heteroatoms. The maximum absolute atomic E-state index is 13.0. The number of rotatable bonds is 5. The van der Waals surface area contributed by atoms with Crippen molar-refractivity contribution in [1.82, 2.24) is 4.98 Å². The molecule has 1 amide bonds. The number of anilines is 1. The van der Waals surface area contributed by atoms with Crippen LogP contribution in [0.3, 0.4) is 0 Å². The van der Waals surface area contributed by atoms with Crippen LogP contribution >= 0.6 is 11.3 Å². The van der Waals surface area contributed by atoms with E-state index in [2.05, 4.69) is 10.3 Å². The zero-order valence-corrected chi connectivity index (χ0v) is 16.0. The Morgan fingerprint density at radius 3 is 2.24 bits per heavy atom. The molecule has 0 bridgehead atoms. The summed E-state index contributed by atoms with van der Waals surface area (Å²) in [6, 6.07) is 8.92. The van der Waals surface area contributed by atoms with E-state index in [1.165, 1.54) is 29.6 Å². The molecule has 0 fully saturated rings. The van der Waals surface area contributed by atoms with E-state index in [-0.39, 0.29) is 10.0 Å². The van der Waals surface area contributed by atoms with Gasteiger partial charge in [-0.2, -0.15) is 13.2 Å². The van der Waals surface area contributed by atoms with Crippen LogP contribution in [-0.2, 0) is 20.8 Å². The maximum Gasteiger partial charge on any atom is 0.416 e. The number of sulfone groups is 1. The number of hydrogen-bond acceptors (Lipinski definition) is 5. The molecule has 1 N–H and O–H groups in total. The van der Waals surface area contributed by atoms with Gasteiger partial charge in [-0.15, -0.1) is 11.3 Å². The average molecular weight is 444 g/mol. The minimum atomic E-state index is -4.51. The van der Waals surface area contributed by atoms with Crippen molar-refractivity contribution in [2.75, 3.05) is 11.1 Å². The van der Waals surface area contributed by atoms with Gasteiger partial charge in [-0.05, 0) is 48.5 Å². The Morgan fingerprint density at radius 2 is 1.66 bits per heavy atom. The number of amides is 1. The Kier molecular flexibility index (Phi) is 5.71. The standard InChI is InChI=1S/C18H12F4N2O3S2/c19-13-5-1-11(2-6-13)15-9-28-17(24-15)29(26,27)10-16(25)23-14-7-3-12(4-8-14)18(20,21)22/h1-9H,10H2,(H,23,25). The molecule has 0 atom stereocenters. The zero-order valence-electron chi connectivity index (χ0n) is 14.4. The first-order valence-electron chi connectivity index (χ1n) is 7.96. The van der Waals surface area contributed by atoms with Gasteiger partial charge in [-0.1, -0.05) is 0 Å². The van der Waals surface area contributed by atoms with E-state index in [1.807, 2.05) is 0 Å². The van der Waals surface area contributed by atoms with E-state index in [0.29, 0.717) is 11.3 Å². The van der Waals surface area contributed by atoms with Crippen molar-refractivity contribution < 1.29 is 30.8 Å². The zero-order chi connectivity index (χ0) is 21.2. The van der Waals surface area contributed by atoms with Gasteiger partial charge < -0.3 is 5.32 Å². The van der Waals surface area contributed by atoms with E-state index in [1.54, 1.807) is 0 Å². The molecule has 0 saturated heterocycles. The highest BCUT2D eigenvalue weighted by Gasteiger charge is 2.30. The summed E-state index contributed by atoms with van der Waals surface area (Å²) < 4.78 is 75.1. The third-order valence-electron chi connectivity index (χ3n) is 3.71. The average Bonchev–Trinajstić information content (AvgIpc) is 3.12. The van der Waals surface area contributed by atoms with Gasteiger partial charge in [0, 0.05) is 16.6 Å². The van der Waals surface area contributed by atoms with Crippen LogP contribution < -0.4 is 5.32 Å². The van der Waals surface area contributed by atoms with Gasteiger partial charge in [0.05, 0.1) is 11.3 Å². The number of nitrogens with one attached hydrogen (secondary N) is 1. The smallest absolute Gasteiger partial charge is 0.325 e. The van der Waals surface area contributed by atoms with Gasteiger partial charge in [0.15, 0.2) is 0 Å². The highest BCUT2D eigenvalue weighted by atomic mass is 32.2. The van der Waals surface area contributed by atoms with Crippen molar-refractivity contribution in [2.24, 2.45) is 0 Å². The van der Waals surface area contributed by atoms with Gasteiger partial charge in [-0.25, -0.2) is 17.8 Å². The molecular weight excluding hydrogens is 432 g/mol. The lowest BCUT2D eigenvalue weighted by molar-refractivity contribution is -0.137. The first-order valence-corrected chi connectivity index (χ1v) is 10.5. The normalized spacial score (nSPS) is 12.0. The molecule has 0 aliphatic rings. The Hall–Kier alpha value is -2.79. The lowest BCUT2D eigenvalue weighted by atomic mass is 10.2. The molecule has 152 valence electrons. The molecule has 29 heavy (non-hydrogen) atoms. The van der Waals surface area contributed by atoms with Crippen LogP contribution in [0.25, 0.3) is 11.3 Å². The molecular formula is C18H12F4N2O3S2. The summed E-state index contributed by atoms with van der Waals surface area (Å²) in [5.41, 5.74) is -0.0291. The Bertz CT molecular complexity index is 1120. The van der Waals surface area contributed by atoms with E-state index in [0.717, 1.165) is 35.6 Å². The molecule has 2 aromatic carbocycles. The first kappa shape index (κ1) is 20.9. The number of nitrogens with zero attached hydrogens (tertiary/aromatic N) is 1. The van der Waals surface area contributed by atoms with Crippen molar-refractivity contribution >= 4 is 32.8 Å². The second kappa shape index (κ2) is 7.91. The molecule has 0 aliphatic carbocycles. The Labute approximate surface area is 166 Å². The highest BCUT2D eigenvalue weighted by molar-refractivity contribution is 7.94. The van der Waals surface area contributed by atoms with Gasteiger partial charge in [-0.3, -0.25) is 4.79 Å². The molecule has 0 aliphatic heterocycles. The third-order valence-corrected chi connectivity index (χ3v) is 6.66. The van der Waals surface area contributed by atoms with Crippen LogP contribution in [0.1, 0.15) is 5.56 Å². The molecule has 1 heterocycles. The number of alkyl halides is 3. The number of hydrogen-bond donors (Lipinski definition) is 1. The van der Waals surface area contributed by atoms with Gasteiger partial charge >= 0.3 is 6.18 Å². The largest absolute Gasteiger partial charge is 0.416 e. The minimum absolute atomic E-state index is 0.0318. The molecule has 0 saturated carbocycles. The summed E-state index contributed by atoms with van der Waals surface area (Å²) in [6.07, 6.45) is -4.51. The van der Waals surface area contributed by atoms with Crippen molar-refractivity contribution in [3.05, 3.63) is 65.3 Å². The topological polar surface area (TPSA) is 76.1 Å². The predicted octanol–water partition coefficient (Wildman–Crippen LogP) is 4.38. The molecule has 3 rings (SSSR count). The summed E-state index contributed by atoms with van der Waals surface area (Å²) in [7, 11) is -4.07. The van der Waals surface area contributed by atoms with Crippen LogP contribution in [0.5, 0.6) is 0 Å². The minimum Gasteiger partial charge on any atom is -0.325 e. The second-order valence-corrected chi connectivity index (χ2v) is 8.91. The molecule has 3 aromatic rings. The summed E-state index contributed by atoms with van der Waals surface area (Å²) in [6.45, 7) is 0. The number of carbonyl (C=O) groups is 1. The van der Waals surface area contributed by atoms with Crippen molar-refractivity contribution in [3.8, 4) is 11.3 Å². The van der Waals surface area contributed by atoms with Crippen molar-refractivity contribution in [3.63, 3.8) is 0 Å². The number of halogens is 4. The fourth-order valence-electron chi connectivity index (χ4n) is 2.33. The maximum atomic E-state index is 13.0. The summed E-state index contributed by atoms with van der Waals surface area (Å²) in [4.78, 5) is 16.0. The first-order chi connectivity index (χ1) is 13.5. The monoisotopic (exact) mass is 444 g/mol. The number of aromatic nitrogens is 1. The van der Waals surface area contributed by atoms with Gasteiger partial charge in [0.25, 0.3) is 0 Å². The lowest BCUT2D eigenvalue weighted by Gasteiger charge is -2.08. The van der Waals surface area contributed by atoms with Crippen LogP contribution in [0.15, 0.2) is 58.3 Å². The van der Waals surface area contributed by atoms with Gasteiger partial charge in [0.2, 0.25) is 20.1 Å². The van der Waals surface area contributed by atoms with E-state index >= 15 is 0 Å². The predicted molar refractivity (Wildman–Crippen MR) is 99.6 cm³/mol. The molecule has 0 spiro atoms. The molecule has 5 nitrogen and oxygen atoms in total. The summed E-state index contributed by atoms with van der Waals surface area (Å²) in [5.74, 6) is -2.29. The van der Waals surface area contributed by atoms with Crippen molar-refractivity contribution in [1.29, 1.82) is 0 Å².